The maximum atomic E-state index is 12.8. The van der Waals surface area contributed by atoms with E-state index in [1.54, 1.807) is 0 Å². The smallest absolute Gasteiger partial charge is 0.307 e. The van der Waals surface area contributed by atoms with Gasteiger partial charge in [0, 0.05) is 20.6 Å². The summed E-state index contributed by atoms with van der Waals surface area (Å²) in [4.78, 5) is 26.2. The van der Waals surface area contributed by atoms with Gasteiger partial charge >= 0.3 is 5.97 Å². The molecule has 0 spiro atoms. The van der Waals surface area contributed by atoms with Crippen LogP contribution in [0.15, 0.2) is 22.7 Å². The maximum absolute atomic E-state index is 12.8. The van der Waals surface area contributed by atoms with Crippen LogP contribution in [0.4, 0.5) is 0 Å². The molecule has 4 nitrogen and oxygen atoms in total. The van der Waals surface area contributed by atoms with Crippen LogP contribution in [-0.4, -0.2) is 36.5 Å². The minimum absolute atomic E-state index is 0.00527. The van der Waals surface area contributed by atoms with Crippen LogP contribution in [-0.2, 0) is 9.53 Å². The highest BCUT2D eigenvalue weighted by Gasteiger charge is 2.30. The summed E-state index contributed by atoms with van der Waals surface area (Å²) in [6.07, 6.45) is 3.15. The average Bonchev–Trinajstić information content (AvgIpc) is 2.49. The fraction of sp³-hybridized carbons (Fsp3) is 0.467. The molecule has 0 aliphatic carbocycles. The van der Waals surface area contributed by atoms with Crippen LogP contribution < -0.4 is 0 Å². The molecule has 1 aromatic rings. The molecule has 1 atom stereocenters. The Morgan fingerprint density at radius 1 is 1.43 bits per heavy atom. The lowest BCUT2D eigenvalue weighted by Gasteiger charge is -2.35. The minimum Gasteiger partial charge on any atom is -0.469 e. The van der Waals surface area contributed by atoms with Crippen molar-refractivity contribution in [1.82, 2.24) is 4.90 Å². The molecule has 0 N–H and O–H groups in total. The Kier molecular flexibility index (Phi) is 6.04. The van der Waals surface area contributed by atoms with Crippen molar-refractivity contribution < 1.29 is 14.3 Å². The first-order chi connectivity index (χ1) is 10.0. The molecule has 1 aliphatic heterocycles. The summed E-state index contributed by atoms with van der Waals surface area (Å²) in [6.45, 7) is 0.698. The van der Waals surface area contributed by atoms with Crippen LogP contribution in [0.1, 0.15) is 36.0 Å². The molecule has 1 unspecified atom stereocenters. The van der Waals surface area contributed by atoms with Gasteiger partial charge in [0.05, 0.1) is 19.1 Å². The quantitative estimate of drug-likeness (QED) is 0.506. The SMILES string of the molecule is COC(=O)CC1CCCCN1C(=O)c1cc(Br)ccc1I. The van der Waals surface area contributed by atoms with Gasteiger partial charge in [-0.1, -0.05) is 15.9 Å². The molecule has 1 fully saturated rings. The number of methoxy groups -OCH3 is 1. The fourth-order valence-corrected chi connectivity index (χ4v) is 3.50. The normalized spacial score (nSPS) is 18.4. The zero-order valence-electron chi connectivity index (χ0n) is 11.8. The van der Waals surface area contributed by atoms with E-state index < -0.39 is 0 Å². The molecular weight excluding hydrogens is 449 g/mol. The minimum atomic E-state index is -0.261. The van der Waals surface area contributed by atoms with Crippen molar-refractivity contribution in [3.63, 3.8) is 0 Å². The van der Waals surface area contributed by atoms with Gasteiger partial charge in [-0.25, -0.2) is 0 Å². The zero-order valence-corrected chi connectivity index (χ0v) is 15.5. The first kappa shape index (κ1) is 16.7. The Bertz CT molecular complexity index is 550. The van der Waals surface area contributed by atoms with Gasteiger partial charge in [0.2, 0.25) is 0 Å². The molecule has 21 heavy (non-hydrogen) atoms. The molecule has 114 valence electrons. The summed E-state index contributed by atoms with van der Waals surface area (Å²) in [6, 6.07) is 5.61. The number of piperidine rings is 1. The summed E-state index contributed by atoms with van der Waals surface area (Å²) >= 11 is 5.58. The van der Waals surface area contributed by atoms with Crippen molar-refractivity contribution in [2.24, 2.45) is 0 Å². The van der Waals surface area contributed by atoms with Crippen LogP contribution in [0.2, 0.25) is 0 Å². The Hall–Kier alpha value is -0.630. The van der Waals surface area contributed by atoms with E-state index >= 15 is 0 Å². The van der Waals surface area contributed by atoms with Gasteiger partial charge in [0.15, 0.2) is 0 Å². The van der Waals surface area contributed by atoms with Crippen molar-refractivity contribution in [1.29, 1.82) is 0 Å². The third-order valence-electron chi connectivity index (χ3n) is 3.68. The molecule has 0 radical (unpaired) electrons. The Balaban J connectivity index is 2.22. The highest BCUT2D eigenvalue weighted by molar-refractivity contribution is 14.1. The van der Waals surface area contributed by atoms with Crippen molar-refractivity contribution >= 4 is 50.4 Å². The number of amides is 1. The summed E-state index contributed by atoms with van der Waals surface area (Å²) < 4.78 is 6.55. The van der Waals surface area contributed by atoms with Crippen molar-refractivity contribution in [3.8, 4) is 0 Å². The Morgan fingerprint density at radius 2 is 2.19 bits per heavy atom. The lowest BCUT2D eigenvalue weighted by atomic mass is 9.98. The topological polar surface area (TPSA) is 46.6 Å². The van der Waals surface area contributed by atoms with E-state index in [1.807, 2.05) is 23.1 Å². The van der Waals surface area contributed by atoms with Crippen molar-refractivity contribution in [2.45, 2.75) is 31.7 Å². The molecule has 0 bridgehead atoms. The number of esters is 1. The molecule has 2 rings (SSSR count). The van der Waals surface area contributed by atoms with E-state index in [2.05, 4.69) is 38.5 Å². The number of carbonyl (C=O) groups excluding carboxylic acids is 2. The Labute approximate surface area is 146 Å². The van der Waals surface area contributed by atoms with Crippen LogP contribution in [0.25, 0.3) is 0 Å². The molecule has 1 aliphatic rings. The number of rotatable bonds is 3. The van der Waals surface area contributed by atoms with Crippen LogP contribution in [0.3, 0.4) is 0 Å². The van der Waals surface area contributed by atoms with Gasteiger partial charge < -0.3 is 9.64 Å². The summed E-state index contributed by atoms with van der Waals surface area (Å²) in [7, 11) is 1.38. The lowest BCUT2D eigenvalue weighted by molar-refractivity contribution is -0.142. The molecule has 1 aromatic carbocycles. The monoisotopic (exact) mass is 465 g/mol. The van der Waals surface area contributed by atoms with Gasteiger partial charge in [-0.3, -0.25) is 9.59 Å². The highest BCUT2D eigenvalue weighted by atomic mass is 127. The van der Waals surface area contributed by atoms with E-state index in [-0.39, 0.29) is 24.3 Å². The van der Waals surface area contributed by atoms with Gasteiger partial charge in [-0.2, -0.15) is 0 Å². The van der Waals surface area contributed by atoms with Crippen molar-refractivity contribution in [2.75, 3.05) is 13.7 Å². The number of benzene rings is 1. The molecule has 1 amide bonds. The largest absolute Gasteiger partial charge is 0.469 e. The fourth-order valence-electron chi connectivity index (χ4n) is 2.57. The van der Waals surface area contributed by atoms with E-state index in [0.29, 0.717) is 12.1 Å². The number of carbonyl (C=O) groups is 2. The van der Waals surface area contributed by atoms with Gasteiger partial charge in [-0.05, 0) is 60.1 Å². The third-order valence-corrected chi connectivity index (χ3v) is 5.11. The summed E-state index contributed by atoms with van der Waals surface area (Å²) in [5.74, 6) is -0.266. The molecular formula is C15H17BrINO3. The number of likely N-dealkylation sites (tertiary alicyclic amines) is 1. The van der Waals surface area contributed by atoms with Gasteiger partial charge in [0.1, 0.15) is 0 Å². The third kappa shape index (κ3) is 4.18. The zero-order chi connectivity index (χ0) is 15.4. The predicted molar refractivity (Wildman–Crippen MR) is 92.2 cm³/mol. The van der Waals surface area contributed by atoms with E-state index in [4.69, 9.17) is 4.74 Å². The van der Waals surface area contributed by atoms with Crippen molar-refractivity contribution in [3.05, 3.63) is 31.8 Å². The predicted octanol–water partition coefficient (Wildman–Crippen LogP) is 3.61. The molecule has 0 saturated carbocycles. The number of halogens is 2. The van der Waals surface area contributed by atoms with Gasteiger partial charge in [-0.15, -0.1) is 0 Å². The number of nitrogens with zero attached hydrogens (tertiary/aromatic N) is 1. The second kappa shape index (κ2) is 7.58. The van der Waals surface area contributed by atoms with Gasteiger partial charge in [0.25, 0.3) is 5.91 Å². The number of ether oxygens (including phenoxy) is 1. The molecule has 0 aromatic heterocycles. The van der Waals surface area contributed by atoms with E-state index in [9.17, 15) is 9.59 Å². The van der Waals surface area contributed by atoms with E-state index in [1.165, 1.54) is 7.11 Å². The standard InChI is InChI=1S/C15H17BrINO3/c1-21-14(19)9-11-4-2-3-7-18(11)15(20)12-8-10(16)5-6-13(12)17/h5-6,8,11H,2-4,7,9H2,1H3. The van der Waals surface area contributed by atoms with Crippen LogP contribution in [0.5, 0.6) is 0 Å². The first-order valence-electron chi connectivity index (χ1n) is 6.85. The molecule has 1 saturated heterocycles. The first-order valence-corrected chi connectivity index (χ1v) is 8.73. The summed E-state index contributed by atoms with van der Waals surface area (Å²) in [5.41, 5.74) is 0.682. The average molecular weight is 466 g/mol. The van der Waals surface area contributed by atoms with E-state index in [0.717, 1.165) is 27.3 Å². The van der Waals surface area contributed by atoms with Crippen LogP contribution in [0, 0.1) is 3.57 Å². The number of hydrogen-bond donors (Lipinski definition) is 0. The summed E-state index contributed by atoms with van der Waals surface area (Å²) in [5, 5.41) is 0. The highest BCUT2D eigenvalue weighted by Crippen LogP contribution is 2.25. The van der Waals surface area contributed by atoms with Crippen LogP contribution >= 0.6 is 38.5 Å². The molecule has 1 heterocycles. The Morgan fingerprint density at radius 3 is 2.90 bits per heavy atom. The number of hydrogen-bond acceptors (Lipinski definition) is 3. The molecule has 6 heteroatoms. The maximum Gasteiger partial charge on any atom is 0.307 e. The second-order valence-corrected chi connectivity index (χ2v) is 7.13. The second-order valence-electron chi connectivity index (χ2n) is 5.05. The lowest BCUT2D eigenvalue weighted by Crippen LogP contribution is -2.45.